The Hall–Kier alpha value is -2.73. The second-order valence-corrected chi connectivity index (χ2v) is 5.26. The first-order chi connectivity index (χ1) is 12.4. The van der Waals surface area contributed by atoms with Crippen LogP contribution in [-0.2, 0) is 4.65 Å². The lowest BCUT2D eigenvalue weighted by atomic mass is 10.1. The van der Waals surface area contributed by atoms with Crippen molar-refractivity contribution in [2.45, 2.75) is 19.1 Å². The van der Waals surface area contributed by atoms with Crippen molar-refractivity contribution in [3.05, 3.63) is 39.7 Å². The van der Waals surface area contributed by atoms with Crippen LogP contribution in [0.15, 0.2) is 17.1 Å². The number of hydrogen-bond acceptors (Lipinski definition) is 4. The van der Waals surface area contributed by atoms with Crippen molar-refractivity contribution in [1.82, 2.24) is 4.57 Å². The summed E-state index contributed by atoms with van der Waals surface area (Å²) in [4.78, 5) is 24.0. The highest BCUT2D eigenvalue weighted by molar-refractivity contribution is 6.38. The molecule has 1 atom stereocenters. The first kappa shape index (κ1) is 20.6. The normalized spacial score (nSPS) is 12.8. The minimum Gasteiger partial charge on any atom is -0.491 e. The average Bonchev–Trinajstić information content (AvgIpc) is 2.55. The fourth-order valence-corrected chi connectivity index (χ4v) is 2.37. The van der Waals surface area contributed by atoms with Gasteiger partial charge >= 0.3 is 19.6 Å². The summed E-state index contributed by atoms with van der Waals surface area (Å²) < 4.78 is 100. The topological polar surface area (TPSA) is 57.5 Å². The summed E-state index contributed by atoms with van der Waals surface area (Å²) in [6.07, 6.45) is -4.67. The lowest BCUT2D eigenvalue weighted by molar-refractivity contribution is -0.162. The van der Waals surface area contributed by atoms with Gasteiger partial charge in [0.2, 0.25) is 11.2 Å². The number of nitrogens with zero attached hydrogens (tertiary/aromatic N) is 1. The standard InChI is InChI=1S/C14H9BF7NO4/c1-5(14(18,19)20)23-4-7(13(25)27-15(21)22)11(24)6-3-8(16)9(17)12(26-2)10(6)23/h3-5H,1-2H3/t5-/m0/s1. The van der Waals surface area contributed by atoms with Crippen molar-refractivity contribution >= 4 is 24.3 Å². The Labute approximate surface area is 146 Å². The number of hydrogen-bond donors (Lipinski definition) is 0. The Bertz CT molecular complexity index is 957. The molecule has 0 aliphatic rings. The van der Waals surface area contributed by atoms with E-state index in [-0.39, 0.29) is 16.8 Å². The molecule has 0 N–H and O–H groups in total. The van der Waals surface area contributed by atoms with E-state index >= 15 is 0 Å². The predicted octanol–water partition coefficient (Wildman–Crippen LogP) is 3.49. The number of alkyl halides is 3. The van der Waals surface area contributed by atoms with Gasteiger partial charge in [0.25, 0.3) is 0 Å². The maximum Gasteiger partial charge on any atom is 0.798 e. The fraction of sp³-hybridized carbons (Fsp3) is 0.286. The molecule has 0 amide bonds. The summed E-state index contributed by atoms with van der Waals surface area (Å²) in [5.41, 5.74) is -3.45. The minimum absolute atomic E-state index is 0.208. The van der Waals surface area contributed by atoms with Crippen molar-refractivity contribution < 1.29 is 44.8 Å². The van der Waals surface area contributed by atoms with Gasteiger partial charge < -0.3 is 14.0 Å². The molecule has 0 saturated heterocycles. The van der Waals surface area contributed by atoms with Crippen molar-refractivity contribution in [2.75, 3.05) is 7.11 Å². The smallest absolute Gasteiger partial charge is 0.491 e. The molecular weight excluding hydrogens is 390 g/mol. The van der Waals surface area contributed by atoms with Gasteiger partial charge in [0.05, 0.1) is 18.0 Å². The Morgan fingerprint density at radius 1 is 1.26 bits per heavy atom. The van der Waals surface area contributed by atoms with Crippen LogP contribution in [0.25, 0.3) is 10.9 Å². The molecule has 2 aromatic rings. The van der Waals surface area contributed by atoms with Crippen LogP contribution >= 0.6 is 0 Å². The maximum atomic E-state index is 13.9. The lowest BCUT2D eigenvalue weighted by Crippen LogP contribution is -2.29. The van der Waals surface area contributed by atoms with E-state index in [9.17, 15) is 40.2 Å². The molecular formula is C14H9BF7NO4. The second kappa shape index (κ2) is 7.12. The molecule has 1 aromatic carbocycles. The van der Waals surface area contributed by atoms with E-state index in [2.05, 4.69) is 9.39 Å². The Morgan fingerprint density at radius 2 is 1.85 bits per heavy atom. The number of halogens is 7. The van der Waals surface area contributed by atoms with Crippen molar-refractivity contribution in [3.8, 4) is 5.75 Å². The Morgan fingerprint density at radius 3 is 2.33 bits per heavy atom. The van der Waals surface area contributed by atoms with Crippen LogP contribution in [0.1, 0.15) is 23.3 Å². The van der Waals surface area contributed by atoms with Gasteiger partial charge in [0.15, 0.2) is 11.6 Å². The molecule has 2 rings (SSSR count). The third-order valence-corrected chi connectivity index (χ3v) is 3.68. The van der Waals surface area contributed by atoms with Crippen LogP contribution in [0.4, 0.5) is 30.6 Å². The molecule has 13 heteroatoms. The summed E-state index contributed by atoms with van der Waals surface area (Å²) in [5, 5.41) is -0.884. The zero-order valence-corrected chi connectivity index (χ0v) is 13.5. The molecule has 0 bridgehead atoms. The lowest BCUT2D eigenvalue weighted by Gasteiger charge is -2.23. The van der Waals surface area contributed by atoms with E-state index in [0.29, 0.717) is 6.92 Å². The average molecular weight is 399 g/mol. The first-order valence-corrected chi connectivity index (χ1v) is 7.06. The van der Waals surface area contributed by atoms with E-state index in [1.165, 1.54) is 0 Å². The number of fused-ring (bicyclic) bond motifs is 1. The third-order valence-electron chi connectivity index (χ3n) is 3.68. The number of aromatic nitrogens is 1. The van der Waals surface area contributed by atoms with E-state index in [1.807, 2.05) is 0 Å². The zero-order valence-electron chi connectivity index (χ0n) is 13.5. The van der Waals surface area contributed by atoms with Crippen LogP contribution in [0.2, 0.25) is 0 Å². The third kappa shape index (κ3) is 3.71. The number of rotatable bonds is 4. The van der Waals surface area contributed by atoms with Gasteiger partial charge in [-0.15, -0.1) is 0 Å². The van der Waals surface area contributed by atoms with E-state index in [4.69, 9.17) is 0 Å². The largest absolute Gasteiger partial charge is 0.798 e. The Kier molecular flexibility index (Phi) is 5.43. The number of carbonyl (C=O) groups is 1. The maximum absolute atomic E-state index is 13.9. The molecule has 0 saturated carbocycles. The molecule has 27 heavy (non-hydrogen) atoms. The fourth-order valence-electron chi connectivity index (χ4n) is 2.37. The summed E-state index contributed by atoms with van der Waals surface area (Å²) in [7, 11) is -2.83. The van der Waals surface area contributed by atoms with Crippen molar-refractivity contribution in [3.63, 3.8) is 0 Å². The number of pyridine rings is 1. The van der Waals surface area contributed by atoms with E-state index in [1.54, 1.807) is 0 Å². The molecule has 0 spiro atoms. The van der Waals surface area contributed by atoms with Gasteiger partial charge in [-0.3, -0.25) is 4.79 Å². The summed E-state index contributed by atoms with van der Waals surface area (Å²) in [6, 6.07) is -2.22. The van der Waals surface area contributed by atoms with Gasteiger partial charge in [-0.2, -0.15) is 17.6 Å². The van der Waals surface area contributed by atoms with Crippen LogP contribution in [0.5, 0.6) is 5.75 Å². The van der Waals surface area contributed by atoms with Gasteiger partial charge in [-0.1, -0.05) is 0 Å². The molecule has 0 radical (unpaired) electrons. The number of benzene rings is 1. The molecule has 5 nitrogen and oxygen atoms in total. The van der Waals surface area contributed by atoms with Crippen LogP contribution in [-0.4, -0.2) is 31.3 Å². The van der Waals surface area contributed by atoms with Gasteiger partial charge in [0.1, 0.15) is 11.6 Å². The SMILES string of the molecule is COc1c(F)c(F)cc2c(=O)c(C(=O)OB(F)F)cn([C@@H](C)C(F)(F)F)c12. The Balaban J connectivity index is 2.99. The van der Waals surface area contributed by atoms with Gasteiger partial charge in [-0.25, -0.2) is 17.8 Å². The predicted molar refractivity (Wildman–Crippen MR) is 78.8 cm³/mol. The summed E-state index contributed by atoms with van der Waals surface area (Å²) in [5.74, 6) is -6.27. The summed E-state index contributed by atoms with van der Waals surface area (Å²) >= 11 is 0. The second-order valence-electron chi connectivity index (χ2n) is 5.26. The molecule has 0 fully saturated rings. The molecule has 0 aliphatic heterocycles. The van der Waals surface area contributed by atoms with Crippen molar-refractivity contribution in [1.29, 1.82) is 0 Å². The van der Waals surface area contributed by atoms with Gasteiger partial charge in [-0.05, 0) is 13.0 Å². The highest BCUT2D eigenvalue weighted by atomic mass is 19.4. The van der Waals surface area contributed by atoms with Crippen LogP contribution < -0.4 is 10.2 Å². The molecule has 146 valence electrons. The van der Waals surface area contributed by atoms with Crippen molar-refractivity contribution in [2.24, 2.45) is 0 Å². The monoisotopic (exact) mass is 399 g/mol. The molecule has 1 aromatic heterocycles. The zero-order chi connectivity index (χ0) is 20.7. The molecule has 0 unspecified atom stereocenters. The number of ether oxygens (including phenoxy) is 1. The summed E-state index contributed by atoms with van der Waals surface area (Å²) in [6.45, 7) is 0.590. The van der Waals surface area contributed by atoms with Crippen LogP contribution in [0, 0.1) is 11.6 Å². The van der Waals surface area contributed by atoms with Crippen LogP contribution in [0.3, 0.4) is 0 Å². The first-order valence-electron chi connectivity index (χ1n) is 7.06. The molecule has 1 heterocycles. The molecule has 0 aliphatic carbocycles. The number of carbonyl (C=O) groups excluding carboxylic acids is 1. The quantitative estimate of drug-likeness (QED) is 0.584. The minimum atomic E-state index is -4.96. The number of methoxy groups -OCH3 is 1. The highest BCUT2D eigenvalue weighted by Gasteiger charge is 2.39. The highest BCUT2D eigenvalue weighted by Crippen LogP contribution is 2.36. The van der Waals surface area contributed by atoms with E-state index in [0.717, 1.165) is 7.11 Å². The van der Waals surface area contributed by atoms with Gasteiger partial charge in [0, 0.05) is 6.20 Å². The van der Waals surface area contributed by atoms with E-state index < -0.39 is 64.9 Å².